The SMILES string of the molecule is CCCC(=O)N1c2ccccc2NC2=C(C(=O)CCC2)[C@H]1c1cccnc1. The van der Waals surface area contributed by atoms with Gasteiger partial charge in [0.2, 0.25) is 5.91 Å². The summed E-state index contributed by atoms with van der Waals surface area (Å²) in [5, 5.41) is 3.46. The molecule has 27 heavy (non-hydrogen) atoms. The van der Waals surface area contributed by atoms with E-state index in [2.05, 4.69) is 10.3 Å². The number of amides is 1. The molecule has 5 heteroatoms. The Morgan fingerprint density at radius 1 is 1.22 bits per heavy atom. The Bertz CT molecular complexity index is 905. The van der Waals surface area contributed by atoms with Crippen molar-refractivity contribution in [2.75, 3.05) is 10.2 Å². The maximum Gasteiger partial charge on any atom is 0.227 e. The second-order valence-electron chi connectivity index (χ2n) is 7.01. The molecule has 1 N–H and O–H groups in total. The van der Waals surface area contributed by atoms with E-state index >= 15 is 0 Å². The number of carbonyl (C=O) groups is 2. The van der Waals surface area contributed by atoms with E-state index in [0.29, 0.717) is 18.4 Å². The van der Waals surface area contributed by atoms with Gasteiger partial charge in [0.15, 0.2) is 5.78 Å². The van der Waals surface area contributed by atoms with Crippen molar-refractivity contribution in [3.8, 4) is 0 Å². The Kier molecular flexibility index (Phi) is 4.75. The van der Waals surface area contributed by atoms with Crippen molar-refractivity contribution in [2.45, 2.75) is 45.1 Å². The highest BCUT2D eigenvalue weighted by molar-refractivity contribution is 6.06. The summed E-state index contributed by atoms with van der Waals surface area (Å²) >= 11 is 0. The van der Waals surface area contributed by atoms with Gasteiger partial charge >= 0.3 is 0 Å². The number of ketones is 1. The van der Waals surface area contributed by atoms with Crippen LogP contribution in [0.2, 0.25) is 0 Å². The van der Waals surface area contributed by atoms with Crippen LogP contribution in [0.25, 0.3) is 0 Å². The molecule has 2 aromatic rings. The Labute approximate surface area is 159 Å². The van der Waals surface area contributed by atoms with Crippen LogP contribution in [0.1, 0.15) is 50.6 Å². The second kappa shape index (κ2) is 7.35. The van der Waals surface area contributed by atoms with Crippen molar-refractivity contribution in [2.24, 2.45) is 0 Å². The largest absolute Gasteiger partial charge is 0.357 e. The number of nitrogens with zero attached hydrogens (tertiary/aromatic N) is 2. The van der Waals surface area contributed by atoms with E-state index in [1.165, 1.54) is 0 Å². The zero-order chi connectivity index (χ0) is 18.8. The number of para-hydroxylation sites is 2. The van der Waals surface area contributed by atoms with Crippen LogP contribution < -0.4 is 10.2 Å². The first-order chi connectivity index (χ1) is 13.2. The van der Waals surface area contributed by atoms with Gasteiger partial charge in [0.1, 0.15) is 0 Å². The number of Topliss-reactive ketones (excluding diaryl/α,β-unsaturated/α-hetero) is 1. The number of nitrogens with one attached hydrogen (secondary N) is 1. The number of fused-ring (bicyclic) bond motifs is 1. The predicted molar refractivity (Wildman–Crippen MR) is 105 cm³/mol. The average Bonchev–Trinajstić information content (AvgIpc) is 2.84. The summed E-state index contributed by atoms with van der Waals surface area (Å²) in [6, 6.07) is 11.2. The molecule has 1 atom stereocenters. The minimum absolute atomic E-state index is 0.0210. The van der Waals surface area contributed by atoms with Crippen molar-refractivity contribution in [1.29, 1.82) is 0 Å². The van der Waals surface area contributed by atoms with Crippen molar-refractivity contribution >= 4 is 23.1 Å². The van der Waals surface area contributed by atoms with Crippen molar-refractivity contribution < 1.29 is 9.59 Å². The standard InChI is InChI=1S/C22H23N3O2/c1-2-7-20(27)25-18-11-4-3-9-16(18)24-17-10-5-12-19(26)21(17)22(25)15-8-6-13-23-14-15/h3-4,6,8-9,11,13-14,22,24H,2,5,7,10,12H2,1H3/t22-/m1/s1. The molecule has 1 aliphatic heterocycles. The fraction of sp³-hybridized carbons (Fsp3) is 0.318. The number of carbonyl (C=O) groups excluding carboxylic acids is 2. The van der Waals surface area contributed by atoms with Gasteiger partial charge in [-0.05, 0) is 43.0 Å². The highest BCUT2D eigenvalue weighted by atomic mass is 16.2. The number of benzene rings is 1. The molecule has 0 saturated carbocycles. The van der Waals surface area contributed by atoms with Gasteiger partial charge in [-0.25, -0.2) is 0 Å². The van der Waals surface area contributed by atoms with Crippen LogP contribution in [-0.2, 0) is 9.59 Å². The Morgan fingerprint density at radius 2 is 2.07 bits per heavy atom. The zero-order valence-electron chi connectivity index (χ0n) is 15.4. The third-order valence-electron chi connectivity index (χ3n) is 5.17. The molecule has 1 aromatic carbocycles. The van der Waals surface area contributed by atoms with Crippen molar-refractivity contribution in [1.82, 2.24) is 4.98 Å². The first kappa shape index (κ1) is 17.5. The minimum Gasteiger partial charge on any atom is -0.357 e. The van der Waals surface area contributed by atoms with Gasteiger partial charge < -0.3 is 5.32 Å². The van der Waals surface area contributed by atoms with Crippen LogP contribution in [0.5, 0.6) is 0 Å². The molecule has 0 saturated heterocycles. The number of anilines is 2. The van der Waals surface area contributed by atoms with Gasteiger partial charge in [0.05, 0.1) is 17.4 Å². The summed E-state index contributed by atoms with van der Waals surface area (Å²) in [5.41, 5.74) is 4.18. The molecule has 0 spiro atoms. The van der Waals surface area contributed by atoms with Crippen LogP contribution in [0.4, 0.5) is 11.4 Å². The molecule has 1 amide bonds. The molecule has 1 aromatic heterocycles. The monoisotopic (exact) mass is 361 g/mol. The molecule has 4 rings (SSSR count). The van der Waals surface area contributed by atoms with E-state index in [9.17, 15) is 9.59 Å². The van der Waals surface area contributed by atoms with E-state index in [1.54, 1.807) is 17.3 Å². The van der Waals surface area contributed by atoms with Gasteiger partial charge in [0.25, 0.3) is 0 Å². The lowest BCUT2D eigenvalue weighted by atomic mass is 9.86. The van der Waals surface area contributed by atoms with E-state index < -0.39 is 6.04 Å². The number of aromatic nitrogens is 1. The van der Waals surface area contributed by atoms with Crippen molar-refractivity contribution in [3.05, 3.63) is 65.6 Å². The summed E-state index contributed by atoms with van der Waals surface area (Å²) in [6.07, 6.45) is 6.81. The third-order valence-corrected chi connectivity index (χ3v) is 5.17. The molecule has 5 nitrogen and oxygen atoms in total. The molecule has 0 unspecified atom stereocenters. The smallest absolute Gasteiger partial charge is 0.227 e. The van der Waals surface area contributed by atoms with Gasteiger partial charge in [-0.15, -0.1) is 0 Å². The fourth-order valence-corrected chi connectivity index (χ4v) is 4.00. The van der Waals surface area contributed by atoms with Crippen LogP contribution in [0.3, 0.4) is 0 Å². The molecule has 2 aliphatic rings. The second-order valence-corrected chi connectivity index (χ2v) is 7.01. The topological polar surface area (TPSA) is 62.3 Å². The van der Waals surface area contributed by atoms with Crippen LogP contribution in [0, 0.1) is 0 Å². The highest BCUT2D eigenvalue weighted by Crippen LogP contribution is 2.44. The lowest BCUT2D eigenvalue weighted by molar-refractivity contribution is -0.119. The molecular formula is C22H23N3O2. The summed E-state index contributed by atoms with van der Waals surface area (Å²) in [6.45, 7) is 2.00. The molecule has 0 fully saturated rings. The molecular weight excluding hydrogens is 338 g/mol. The Morgan fingerprint density at radius 3 is 2.85 bits per heavy atom. The molecule has 0 radical (unpaired) electrons. The van der Waals surface area contributed by atoms with Gasteiger partial charge in [-0.1, -0.05) is 25.1 Å². The molecule has 138 valence electrons. The summed E-state index contributed by atoms with van der Waals surface area (Å²) in [5.74, 6) is 0.132. The van der Waals surface area contributed by atoms with E-state index in [0.717, 1.165) is 41.9 Å². The minimum atomic E-state index is -0.448. The number of allylic oxidation sites excluding steroid dienone is 1. The van der Waals surface area contributed by atoms with Crippen LogP contribution in [0.15, 0.2) is 60.1 Å². The van der Waals surface area contributed by atoms with E-state index in [1.807, 2.05) is 43.3 Å². The van der Waals surface area contributed by atoms with Gasteiger partial charge in [0, 0.05) is 36.5 Å². The van der Waals surface area contributed by atoms with Crippen LogP contribution in [-0.4, -0.2) is 16.7 Å². The number of hydrogen-bond acceptors (Lipinski definition) is 4. The van der Waals surface area contributed by atoms with E-state index in [4.69, 9.17) is 0 Å². The normalized spacial score (nSPS) is 19.1. The maximum atomic E-state index is 13.2. The van der Waals surface area contributed by atoms with E-state index in [-0.39, 0.29) is 11.7 Å². The summed E-state index contributed by atoms with van der Waals surface area (Å²) < 4.78 is 0. The Balaban J connectivity index is 1.98. The van der Waals surface area contributed by atoms with Crippen LogP contribution >= 0.6 is 0 Å². The van der Waals surface area contributed by atoms with Crippen molar-refractivity contribution in [3.63, 3.8) is 0 Å². The zero-order valence-corrected chi connectivity index (χ0v) is 15.4. The fourth-order valence-electron chi connectivity index (χ4n) is 4.00. The highest BCUT2D eigenvalue weighted by Gasteiger charge is 2.39. The van der Waals surface area contributed by atoms with Gasteiger partial charge in [-0.2, -0.15) is 0 Å². The molecule has 2 heterocycles. The maximum absolute atomic E-state index is 13.2. The summed E-state index contributed by atoms with van der Waals surface area (Å²) in [4.78, 5) is 32.3. The lowest BCUT2D eigenvalue weighted by Crippen LogP contribution is -2.37. The predicted octanol–water partition coefficient (Wildman–Crippen LogP) is 4.39. The molecule has 1 aliphatic carbocycles. The first-order valence-corrected chi connectivity index (χ1v) is 9.55. The number of hydrogen-bond donors (Lipinski definition) is 1. The number of rotatable bonds is 3. The average molecular weight is 361 g/mol. The lowest BCUT2D eigenvalue weighted by Gasteiger charge is -2.33. The number of pyridine rings is 1. The summed E-state index contributed by atoms with van der Waals surface area (Å²) in [7, 11) is 0. The first-order valence-electron chi connectivity index (χ1n) is 9.55. The third kappa shape index (κ3) is 3.14. The quantitative estimate of drug-likeness (QED) is 0.881. The van der Waals surface area contributed by atoms with Gasteiger partial charge in [-0.3, -0.25) is 19.5 Å². The Hall–Kier alpha value is -2.95. The molecule has 0 bridgehead atoms.